The molecule has 1 N–H and O–H groups in total. The Morgan fingerprint density at radius 3 is 1.78 bits per heavy atom. The van der Waals surface area contributed by atoms with Gasteiger partial charge >= 0.3 is 30.2 Å². The van der Waals surface area contributed by atoms with Gasteiger partial charge in [0.25, 0.3) is 0 Å². The lowest BCUT2D eigenvalue weighted by molar-refractivity contribution is -0.137. The lowest BCUT2D eigenvalue weighted by Gasteiger charge is -2.15. The Balaban J connectivity index is 1.39. The third kappa shape index (κ3) is 12.4. The maximum absolute atomic E-state index is 12.6. The second-order valence-corrected chi connectivity index (χ2v) is 9.54. The first-order valence-corrected chi connectivity index (χ1v) is 14.4. The Morgan fingerprint density at radius 2 is 1.24 bits per heavy atom. The van der Waals surface area contributed by atoms with E-state index in [9.17, 15) is 24.0 Å². The largest absolute Gasteiger partial charge is 0.513 e. The number of hydrogen-bond acceptors (Lipinski definition) is 11. The Morgan fingerprint density at radius 1 is 0.711 bits per heavy atom. The van der Waals surface area contributed by atoms with Crippen LogP contribution in [0.3, 0.4) is 0 Å². The van der Waals surface area contributed by atoms with Crippen LogP contribution in [0.2, 0.25) is 0 Å². The predicted molar refractivity (Wildman–Crippen MR) is 161 cm³/mol. The molecule has 1 aliphatic rings. The van der Waals surface area contributed by atoms with E-state index in [1.165, 1.54) is 36.4 Å². The van der Waals surface area contributed by atoms with Gasteiger partial charge in [-0.2, -0.15) is 0 Å². The molecule has 1 aliphatic carbocycles. The zero-order valence-electron chi connectivity index (χ0n) is 24.9. The minimum absolute atomic E-state index is 0.0861. The summed E-state index contributed by atoms with van der Waals surface area (Å²) in [5.41, 5.74) is 1.02. The van der Waals surface area contributed by atoms with Gasteiger partial charge in [0.2, 0.25) is 0 Å². The van der Waals surface area contributed by atoms with Gasteiger partial charge in [-0.3, -0.25) is 5.32 Å². The number of carbonyl (C=O) groups is 5. The van der Waals surface area contributed by atoms with Gasteiger partial charge in [0.15, 0.2) is 0 Å². The van der Waals surface area contributed by atoms with Crippen molar-refractivity contribution in [3.63, 3.8) is 0 Å². The molecule has 0 bridgehead atoms. The summed E-state index contributed by atoms with van der Waals surface area (Å²) < 4.78 is 30.8. The smallest absolute Gasteiger partial charge is 0.463 e. The standard InChI is InChI=1S/C33H35NO11/c1-3-5-20-41-32(38)34-25-12-8-23(9-13-25)30(36)43-26-16-18-27(19-17-26)44-31(37)24-10-14-28(15-11-24)45-33(39)42-22-7-6-21-40-29(35)4-2/h4,8-16,18H,2-3,5-7,17,19-22H2,1H3,(H,34,38). The topological polar surface area (TPSA) is 153 Å². The van der Waals surface area contributed by atoms with E-state index in [1.54, 1.807) is 24.3 Å². The van der Waals surface area contributed by atoms with Crippen LogP contribution < -0.4 is 10.1 Å². The molecule has 0 spiro atoms. The molecule has 0 saturated carbocycles. The van der Waals surface area contributed by atoms with Crippen LogP contribution in [-0.4, -0.2) is 50.0 Å². The molecule has 2 aromatic carbocycles. The van der Waals surface area contributed by atoms with Crippen LogP contribution in [0.15, 0.2) is 84.9 Å². The fourth-order valence-corrected chi connectivity index (χ4v) is 3.65. The number of rotatable bonds is 15. The molecule has 0 radical (unpaired) electrons. The number of benzene rings is 2. The van der Waals surface area contributed by atoms with E-state index >= 15 is 0 Å². The van der Waals surface area contributed by atoms with Gasteiger partial charge in [0.1, 0.15) is 17.3 Å². The lowest BCUT2D eigenvalue weighted by atomic mass is 10.1. The normalized spacial score (nSPS) is 12.0. The van der Waals surface area contributed by atoms with E-state index in [4.69, 9.17) is 28.4 Å². The highest BCUT2D eigenvalue weighted by Gasteiger charge is 2.17. The molecule has 0 atom stereocenters. The summed E-state index contributed by atoms with van der Waals surface area (Å²) in [5, 5.41) is 2.59. The van der Waals surface area contributed by atoms with Crippen LogP contribution in [-0.2, 0) is 28.5 Å². The molecule has 238 valence electrons. The highest BCUT2D eigenvalue weighted by Crippen LogP contribution is 2.23. The van der Waals surface area contributed by atoms with Gasteiger partial charge in [-0.15, -0.1) is 0 Å². The average Bonchev–Trinajstić information content (AvgIpc) is 3.04. The Labute approximate surface area is 260 Å². The van der Waals surface area contributed by atoms with Crippen LogP contribution in [0, 0.1) is 0 Å². The van der Waals surface area contributed by atoms with Crippen LogP contribution in [0.4, 0.5) is 15.3 Å². The summed E-state index contributed by atoms with van der Waals surface area (Å²) in [6.45, 7) is 5.91. The molecule has 3 rings (SSSR count). The van der Waals surface area contributed by atoms with Crippen molar-refractivity contribution in [1.29, 1.82) is 0 Å². The first-order valence-electron chi connectivity index (χ1n) is 14.4. The molecule has 0 heterocycles. The summed E-state index contributed by atoms with van der Waals surface area (Å²) >= 11 is 0. The van der Waals surface area contributed by atoms with Crippen molar-refractivity contribution in [3.8, 4) is 5.75 Å². The van der Waals surface area contributed by atoms with E-state index < -0.39 is 30.2 Å². The first kappa shape index (κ1) is 34.1. The fourth-order valence-electron chi connectivity index (χ4n) is 3.65. The van der Waals surface area contributed by atoms with E-state index in [2.05, 4.69) is 11.9 Å². The van der Waals surface area contributed by atoms with Gasteiger partial charge in [-0.05, 0) is 79.9 Å². The van der Waals surface area contributed by atoms with Gasteiger partial charge in [-0.25, -0.2) is 24.0 Å². The second kappa shape index (κ2) is 18.3. The molecule has 0 saturated heterocycles. The number of allylic oxidation sites excluding steroid dienone is 4. The zero-order valence-corrected chi connectivity index (χ0v) is 24.9. The molecule has 2 aromatic rings. The lowest BCUT2D eigenvalue weighted by Crippen LogP contribution is -2.14. The van der Waals surface area contributed by atoms with Crippen LogP contribution in [0.25, 0.3) is 0 Å². The number of unbranched alkanes of at least 4 members (excludes halogenated alkanes) is 2. The summed E-state index contributed by atoms with van der Waals surface area (Å²) in [4.78, 5) is 59.7. The monoisotopic (exact) mass is 621 g/mol. The molecular formula is C33H35NO11. The fraction of sp³-hybridized carbons (Fsp3) is 0.303. The zero-order chi connectivity index (χ0) is 32.4. The van der Waals surface area contributed by atoms with E-state index in [0.717, 1.165) is 18.9 Å². The molecule has 12 heteroatoms. The van der Waals surface area contributed by atoms with Gasteiger partial charge < -0.3 is 28.4 Å². The average molecular weight is 622 g/mol. The van der Waals surface area contributed by atoms with Crippen molar-refractivity contribution in [2.45, 2.75) is 45.4 Å². The van der Waals surface area contributed by atoms with Crippen LogP contribution in [0.1, 0.15) is 66.2 Å². The Bertz CT molecular complexity index is 1410. The third-order valence-corrected chi connectivity index (χ3v) is 6.08. The van der Waals surface area contributed by atoms with Crippen molar-refractivity contribution in [1.82, 2.24) is 0 Å². The quantitative estimate of drug-likeness (QED) is 0.0749. The number of anilines is 1. The molecule has 0 unspecified atom stereocenters. The molecular weight excluding hydrogens is 586 g/mol. The van der Waals surface area contributed by atoms with Crippen molar-refractivity contribution >= 4 is 35.8 Å². The third-order valence-electron chi connectivity index (χ3n) is 6.08. The van der Waals surface area contributed by atoms with Crippen molar-refractivity contribution in [2.75, 3.05) is 25.1 Å². The minimum atomic E-state index is -0.905. The highest BCUT2D eigenvalue weighted by atomic mass is 16.7. The maximum Gasteiger partial charge on any atom is 0.513 e. The van der Waals surface area contributed by atoms with Gasteiger partial charge in [0, 0.05) is 24.6 Å². The second-order valence-electron chi connectivity index (χ2n) is 9.54. The molecule has 12 nitrogen and oxygen atoms in total. The highest BCUT2D eigenvalue weighted by molar-refractivity contribution is 5.92. The summed E-state index contributed by atoms with van der Waals surface area (Å²) in [6.07, 6.45) is 6.06. The Hall–Kier alpha value is -5.39. The van der Waals surface area contributed by atoms with Crippen molar-refractivity contribution in [3.05, 3.63) is 96.0 Å². The van der Waals surface area contributed by atoms with E-state index in [-0.39, 0.29) is 24.5 Å². The molecule has 0 aliphatic heterocycles. The molecule has 45 heavy (non-hydrogen) atoms. The number of nitrogens with one attached hydrogen (secondary N) is 1. The molecule has 1 amide bonds. The van der Waals surface area contributed by atoms with Crippen LogP contribution in [0.5, 0.6) is 5.75 Å². The van der Waals surface area contributed by atoms with Gasteiger partial charge in [-0.1, -0.05) is 19.9 Å². The maximum atomic E-state index is 12.6. The molecule has 0 aromatic heterocycles. The first-order chi connectivity index (χ1) is 21.8. The van der Waals surface area contributed by atoms with Crippen molar-refractivity contribution in [2.24, 2.45) is 0 Å². The number of hydrogen-bond donors (Lipinski definition) is 1. The summed E-state index contributed by atoms with van der Waals surface area (Å²) in [5.74, 6) is -0.705. The number of esters is 3. The summed E-state index contributed by atoms with van der Waals surface area (Å²) in [7, 11) is 0. The van der Waals surface area contributed by atoms with Crippen molar-refractivity contribution < 1.29 is 52.4 Å². The van der Waals surface area contributed by atoms with E-state index in [1.807, 2.05) is 6.92 Å². The number of amides is 1. The predicted octanol–water partition coefficient (Wildman–Crippen LogP) is 6.64. The number of ether oxygens (including phenoxy) is 6. The Kier molecular flexibility index (Phi) is 13.9. The van der Waals surface area contributed by atoms with Gasteiger partial charge in [0.05, 0.1) is 30.9 Å². The summed E-state index contributed by atoms with van der Waals surface area (Å²) in [6, 6.07) is 12.0. The number of carbonyl (C=O) groups excluding carboxylic acids is 5. The van der Waals surface area contributed by atoms with Crippen LogP contribution >= 0.6 is 0 Å². The minimum Gasteiger partial charge on any atom is -0.463 e. The SMILES string of the molecule is C=CC(=O)OCCCCOC(=O)Oc1ccc(C(=O)OC2=CC=C(OC(=O)c3ccc(NC(=O)OCCCC)cc3)CC2)cc1. The van der Waals surface area contributed by atoms with E-state index in [0.29, 0.717) is 55.1 Å². The molecule has 0 fully saturated rings.